The van der Waals surface area contributed by atoms with Gasteiger partial charge in [-0.15, -0.1) is 6.58 Å². The minimum atomic E-state index is -4.48. The highest BCUT2D eigenvalue weighted by molar-refractivity contribution is 7.88. The highest BCUT2D eigenvalue weighted by atomic mass is 32.2. The average molecular weight is 234 g/mol. The highest BCUT2D eigenvalue weighted by Gasteiger charge is 2.22. The Labute approximate surface area is 86.9 Å². The SMILES string of the molecule is C=COC(=CS(=O)(=O)O)C(C=C)C(=O)O. The number of carboxylic acids is 1. The Morgan fingerprint density at radius 2 is 1.93 bits per heavy atom. The molecule has 2 N–H and O–H groups in total. The normalized spacial score (nSPS) is 14.1. The lowest BCUT2D eigenvalue weighted by atomic mass is 10.1. The van der Waals surface area contributed by atoms with Crippen LogP contribution in [0.2, 0.25) is 0 Å². The van der Waals surface area contributed by atoms with Crippen molar-refractivity contribution in [3.05, 3.63) is 36.7 Å². The van der Waals surface area contributed by atoms with Crippen LogP contribution in [0.25, 0.3) is 0 Å². The molecule has 0 saturated carbocycles. The second kappa shape index (κ2) is 5.32. The van der Waals surface area contributed by atoms with Crippen LogP contribution in [0, 0.1) is 5.92 Å². The lowest BCUT2D eigenvalue weighted by molar-refractivity contribution is -0.139. The molecule has 15 heavy (non-hydrogen) atoms. The Kier molecular flexibility index (Phi) is 4.75. The quantitative estimate of drug-likeness (QED) is 0.400. The molecule has 84 valence electrons. The van der Waals surface area contributed by atoms with E-state index in [4.69, 9.17) is 9.66 Å². The van der Waals surface area contributed by atoms with Gasteiger partial charge in [-0.05, 0) is 0 Å². The van der Waals surface area contributed by atoms with E-state index in [0.717, 1.165) is 12.3 Å². The Bertz CT molecular complexity index is 391. The molecule has 7 heteroatoms. The van der Waals surface area contributed by atoms with Crippen molar-refractivity contribution in [3.8, 4) is 0 Å². The van der Waals surface area contributed by atoms with Crippen molar-refractivity contribution < 1.29 is 27.6 Å². The molecule has 0 amide bonds. The number of ether oxygens (including phenoxy) is 1. The maximum atomic E-state index is 10.6. The molecule has 1 atom stereocenters. The zero-order chi connectivity index (χ0) is 12.1. The summed E-state index contributed by atoms with van der Waals surface area (Å²) in [5.74, 6) is -3.22. The van der Waals surface area contributed by atoms with Crippen molar-refractivity contribution in [2.24, 2.45) is 5.92 Å². The van der Waals surface area contributed by atoms with Gasteiger partial charge >= 0.3 is 5.97 Å². The van der Waals surface area contributed by atoms with Gasteiger partial charge in [0.15, 0.2) is 0 Å². The van der Waals surface area contributed by atoms with E-state index in [1.165, 1.54) is 0 Å². The first-order chi connectivity index (χ1) is 6.81. The number of rotatable bonds is 6. The fraction of sp³-hybridized carbons (Fsp3) is 0.125. The van der Waals surface area contributed by atoms with E-state index in [-0.39, 0.29) is 5.41 Å². The first kappa shape index (κ1) is 13.4. The van der Waals surface area contributed by atoms with Crippen LogP contribution in [-0.4, -0.2) is 24.0 Å². The van der Waals surface area contributed by atoms with Gasteiger partial charge in [0.25, 0.3) is 10.1 Å². The number of aliphatic carboxylic acids is 1. The van der Waals surface area contributed by atoms with E-state index >= 15 is 0 Å². The summed E-state index contributed by atoms with van der Waals surface area (Å²) in [6.07, 6.45) is 1.80. The van der Waals surface area contributed by atoms with Crippen molar-refractivity contribution in [1.82, 2.24) is 0 Å². The molecule has 0 aromatic rings. The number of hydrogen-bond donors (Lipinski definition) is 2. The van der Waals surface area contributed by atoms with Crippen LogP contribution in [0.15, 0.2) is 36.7 Å². The maximum absolute atomic E-state index is 10.6. The summed E-state index contributed by atoms with van der Waals surface area (Å²) in [6, 6.07) is 0. The van der Waals surface area contributed by atoms with E-state index < -0.39 is 27.8 Å². The molecule has 0 saturated heterocycles. The van der Waals surface area contributed by atoms with Gasteiger partial charge in [0.2, 0.25) is 0 Å². The summed E-state index contributed by atoms with van der Waals surface area (Å²) >= 11 is 0. The predicted octanol–water partition coefficient (Wildman–Crippen LogP) is 0.762. The molecular formula is C8H10O6S. The molecule has 1 unspecified atom stereocenters. The molecule has 0 heterocycles. The van der Waals surface area contributed by atoms with E-state index in [1.54, 1.807) is 0 Å². The van der Waals surface area contributed by atoms with Crippen molar-refractivity contribution in [1.29, 1.82) is 0 Å². The fourth-order valence-corrected chi connectivity index (χ4v) is 1.25. The van der Waals surface area contributed by atoms with Crippen LogP contribution in [0.5, 0.6) is 0 Å². The standard InChI is InChI=1S/C8H10O6S/c1-3-6(8(9)10)7(14-4-2)5-15(11,12)13/h3-6H,1-2H2,(H,9,10)(H,11,12,13). The fourth-order valence-electron chi connectivity index (χ4n) is 0.756. The minimum absolute atomic E-state index is 0.287. The van der Waals surface area contributed by atoms with Crippen molar-refractivity contribution in [3.63, 3.8) is 0 Å². The molecule has 0 aromatic heterocycles. The van der Waals surface area contributed by atoms with Gasteiger partial charge in [-0.25, -0.2) is 0 Å². The number of carbonyl (C=O) groups is 1. The van der Waals surface area contributed by atoms with Gasteiger partial charge in [-0.1, -0.05) is 12.7 Å². The Morgan fingerprint density at radius 1 is 1.40 bits per heavy atom. The van der Waals surface area contributed by atoms with Gasteiger partial charge < -0.3 is 9.84 Å². The van der Waals surface area contributed by atoms with Gasteiger partial charge in [0, 0.05) is 0 Å². The Morgan fingerprint density at radius 3 is 2.20 bits per heavy atom. The summed E-state index contributed by atoms with van der Waals surface area (Å²) in [7, 11) is -4.48. The van der Waals surface area contributed by atoms with E-state index in [0.29, 0.717) is 0 Å². The monoisotopic (exact) mass is 234 g/mol. The van der Waals surface area contributed by atoms with Crippen LogP contribution in [0.4, 0.5) is 0 Å². The average Bonchev–Trinajstić information content (AvgIpc) is 2.01. The molecule has 0 aromatic carbocycles. The van der Waals surface area contributed by atoms with Crippen molar-refractivity contribution in [2.45, 2.75) is 0 Å². The molecule has 0 aliphatic carbocycles. The van der Waals surface area contributed by atoms with Gasteiger partial charge in [-0.3, -0.25) is 9.35 Å². The lowest BCUT2D eigenvalue weighted by Gasteiger charge is -2.10. The van der Waals surface area contributed by atoms with Gasteiger partial charge in [0.1, 0.15) is 11.7 Å². The summed E-state index contributed by atoms with van der Waals surface area (Å²) in [6.45, 7) is 6.34. The van der Waals surface area contributed by atoms with Crippen LogP contribution < -0.4 is 0 Å². The summed E-state index contributed by atoms with van der Waals surface area (Å²) < 4.78 is 34.1. The topological polar surface area (TPSA) is 101 Å². The molecule has 0 spiro atoms. The smallest absolute Gasteiger partial charge is 0.318 e. The predicted molar refractivity (Wildman–Crippen MR) is 52.2 cm³/mol. The molecule has 0 aliphatic rings. The molecule has 0 fully saturated rings. The molecule has 6 nitrogen and oxygen atoms in total. The van der Waals surface area contributed by atoms with Crippen LogP contribution in [0.3, 0.4) is 0 Å². The van der Waals surface area contributed by atoms with E-state index in [2.05, 4.69) is 17.9 Å². The summed E-state index contributed by atoms with van der Waals surface area (Å²) in [5, 5.41) is 8.95. The first-order valence-electron chi connectivity index (χ1n) is 3.64. The highest BCUT2D eigenvalue weighted by Crippen LogP contribution is 2.15. The van der Waals surface area contributed by atoms with Gasteiger partial charge in [0.05, 0.1) is 11.7 Å². The first-order valence-corrected chi connectivity index (χ1v) is 5.14. The summed E-state index contributed by atoms with van der Waals surface area (Å²) in [4.78, 5) is 10.6. The zero-order valence-corrected chi connectivity index (χ0v) is 8.48. The van der Waals surface area contributed by atoms with Crippen molar-refractivity contribution in [2.75, 3.05) is 0 Å². The third-order valence-corrected chi connectivity index (χ3v) is 1.82. The second-order valence-electron chi connectivity index (χ2n) is 2.37. The molecule has 0 aliphatic heterocycles. The van der Waals surface area contributed by atoms with E-state index in [9.17, 15) is 13.2 Å². The molecule has 0 radical (unpaired) electrons. The van der Waals surface area contributed by atoms with Gasteiger partial charge in [-0.2, -0.15) is 8.42 Å². The largest absolute Gasteiger partial charge is 0.480 e. The number of carboxylic acid groups (broad SMARTS) is 1. The lowest BCUT2D eigenvalue weighted by Crippen LogP contribution is -2.15. The van der Waals surface area contributed by atoms with E-state index in [1.807, 2.05) is 0 Å². The minimum Gasteiger partial charge on any atom is -0.480 e. The van der Waals surface area contributed by atoms with Crippen LogP contribution in [-0.2, 0) is 19.6 Å². The second-order valence-corrected chi connectivity index (χ2v) is 3.64. The Hall–Kier alpha value is -1.60. The van der Waals surface area contributed by atoms with Crippen molar-refractivity contribution >= 4 is 16.1 Å². The Balaban J connectivity index is 5.29. The molecule has 0 bridgehead atoms. The summed E-state index contributed by atoms with van der Waals surface area (Å²) in [5.41, 5.74) is 0. The number of hydrogen-bond acceptors (Lipinski definition) is 4. The van der Waals surface area contributed by atoms with Crippen LogP contribution >= 0.6 is 0 Å². The third-order valence-electron chi connectivity index (χ3n) is 1.29. The maximum Gasteiger partial charge on any atom is 0.318 e. The molecular weight excluding hydrogens is 224 g/mol. The zero-order valence-electron chi connectivity index (χ0n) is 7.66. The molecule has 0 rings (SSSR count). The third kappa shape index (κ3) is 4.99. The van der Waals surface area contributed by atoms with Crippen LogP contribution in [0.1, 0.15) is 0 Å².